The molecule has 6 heteroatoms. The van der Waals surface area contributed by atoms with E-state index in [0.29, 0.717) is 13.0 Å². The molecule has 0 radical (unpaired) electrons. The molecule has 1 fully saturated rings. The summed E-state index contributed by atoms with van der Waals surface area (Å²) in [6.07, 6.45) is 4.74. The molecule has 2 amide bonds. The van der Waals surface area contributed by atoms with Crippen LogP contribution in [0.1, 0.15) is 51.2 Å². The number of carbonyl (C=O) groups is 2. The SMILES string of the molecule is Cc1ccccc1/C=C/C(CC(=O)N1CCCC1C#N)NC(=O)OC(C)(C)C. The average Bonchev–Trinajstić information content (AvgIpc) is 3.08. The van der Waals surface area contributed by atoms with Crippen molar-refractivity contribution < 1.29 is 14.3 Å². The molecule has 2 unspecified atom stereocenters. The maximum atomic E-state index is 12.7. The Balaban J connectivity index is 2.13. The molecule has 1 aliphatic heterocycles. The van der Waals surface area contributed by atoms with Gasteiger partial charge in [-0.3, -0.25) is 4.79 Å². The number of amides is 2. The van der Waals surface area contributed by atoms with Crippen molar-refractivity contribution in [1.29, 1.82) is 5.26 Å². The molecule has 2 rings (SSSR count). The van der Waals surface area contributed by atoms with E-state index in [9.17, 15) is 14.9 Å². The number of benzene rings is 1. The Morgan fingerprint density at radius 1 is 1.39 bits per heavy atom. The zero-order valence-corrected chi connectivity index (χ0v) is 17.1. The summed E-state index contributed by atoms with van der Waals surface area (Å²) >= 11 is 0. The molecule has 0 aromatic heterocycles. The number of aryl methyl sites for hydroxylation is 1. The molecule has 0 aliphatic carbocycles. The van der Waals surface area contributed by atoms with E-state index in [1.165, 1.54) is 0 Å². The Morgan fingerprint density at radius 3 is 2.75 bits per heavy atom. The highest BCUT2D eigenvalue weighted by Gasteiger charge is 2.30. The third kappa shape index (κ3) is 6.41. The highest BCUT2D eigenvalue weighted by atomic mass is 16.6. The van der Waals surface area contributed by atoms with Gasteiger partial charge in [0.05, 0.1) is 18.5 Å². The summed E-state index contributed by atoms with van der Waals surface area (Å²) in [4.78, 5) is 26.5. The first kappa shape index (κ1) is 21.5. The van der Waals surface area contributed by atoms with Crippen LogP contribution in [0.4, 0.5) is 4.79 Å². The molecule has 1 aliphatic rings. The zero-order valence-electron chi connectivity index (χ0n) is 17.1. The Bertz CT molecular complexity index is 774. The van der Waals surface area contributed by atoms with Crippen molar-refractivity contribution in [2.75, 3.05) is 6.54 Å². The van der Waals surface area contributed by atoms with Gasteiger partial charge in [0, 0.05) is 6.54 Å². The molecular weight excluding hydrogens is 354 g/mol. The van der Waals surface area contributed by atoms with Gasteiger partial charge in [-0.2, -0.15) is 5.26 Å². The van der Waals surface area contributed by atoms with Crippen LogP contribution < -0.4 is 5.32 Å². The number of rotatable bonds is 5. The summed E-state index contributed by atoms with van der Waals surface area (Å²) in [6.45, 7) is 7.95. The van der Waals surface area contributed by atoms with E-state index in [1.807, 2.05) is 43.3 Å². The smallest absolute Gasteiger partial charge is 0.408 e. The van der Waals surface area contributed by atoms with E-state index in [-0.39, 0.29) is 18.4 Å². The standard InChI is InChI=1S/C22H29N3O3/c1-16-8-5-6-9-17(16)11-12-18(24-21(27)28-22(2,3)4)14-20(26)25-13-7-10-19(25)15-23/h5-6,8-9,11-12,18-19H,7,10,13-14H2,1-4H3,(H,24,27)/b12-11+. The fourth-order valence-electron chi connectivity index (χ4n) is 3.12. The number of ether oxygens (including phenoxy) is 1. The van der Waals surface area contributed by atoms with Gasteiger partial charge in [-0.15, -0.1) is 0 Å². The summed E-state index contributed by atoms with van der Waals surface area (Å²) in [6, 6.07) is 9.15. The van der Waals surface area contributed by atoms with Gasteiger partial charge in [-0.1, -0.05) is 36.4 Å². The number of nitrogens with one attached hydrogen (secondary N) is 1. The fraction of sp³-hybridized carbons (Fsp3) is 0.500. The Morgan fingerprint density at radius 2 is 2.11 bits per heavy atom. The van der Waals surface area contributed by atoms with Crippen molar-refractivity contribution in [3.63, 3.8) is 0 Å². The van der Waals surface area contributed by atoms with Crippen molar-refractivity contribution in [1.82, 2.24) is 10.2 Å². The Hall–Kier alpha value is -2.81. The van der Waals surface area contributed by atoms with E-state index in [0.717, 1.165) is 17.5 Å². The monoisotopic (exact) mass is 383 g/mol. The molecule has 1 aromatic carbocycles. The predicted octanol–water partition coefficient (Wildman–Crippen LogP) is 3.81. The summed E-state index contributed by atoms with van der Waals surface area (Å²) in [5.74, 6) is -0.139. The summed E-state index contributed by atoms with van der Waals surface area (Å²) in [7, 11) is 0. The first-order chi connectivity index (χ1) is 13.2. The van der Waals surface area contributed by atoms with Gasteiger partial charge in [0.15, 0.2) is 0 Å². The first-order valence-corrected chi connectivity index (χ1v) is 9.62. The largest absolute Gasteiger partial charge is 0.444 e. The van der Waals surface area contributed by atoms with Crippen molar-refractivity contribution in [2.24, 2.45) is 0 Å². The molecule has 1 heterocycles. The van der Waals surface area contributed by atoms with E-state index in [1.54, 1.807) is 25.7 Å². The lowest BCUT2D eigenvalue weighted by atomic mass is 10.1. The first-order valence-electron chi connectivity index (χ1n) is 9.62. The van der Waals surface area contributed by atoms with Gasteiger partial charge in [-0.25, -0.2) is 4.79 Å². The van der Waals surface area contributed by atoms with Crippen LogP contribution in [0.5, 0.6) is 0 Å². The number of hydrogen-bond acceptors (Lipinski definition) is 4. The second kappa shape index (κ2) is 9.41. The number of carbonyl (C=O) groups excluding carboxylic acids is 2. The molecule has 28 heavy (non-hydrogen) atoms. The van der Waals surface area contributed by atoms with Gasteiger partial charge < -0.3 is 15.0 Å². The summed E-state index contributed by atoms with van der Waals surface area (Å²) in [5, 5.41) is 12.0. The number of alkyl carbamates (subject to hydrolysis) is 1. The van der Waals surface area contributed by atoms with Crippen LogP contribution in [0.3, 0.4) is 0 Å². The minimum absolute atomic E-state index is 0.0831. The van der Waals surface area contributed by atoms with Gasteiger partial charge in [0.25, 0.3) is 0 Å². The van der Waals surface area contributed by atoms with Crippen molar-refractivity contribution >= 4 is 18.1 Å². The Kier molecular flexibility index (Phi) is 7.22. The van der Waals surface area contributed by atoms with Crippen molar-refractivity contribution in [2.45, 2.75) is 64.6 Å². The normalized spacial score (nSPS) is 18.0. The maximum Gasteiger partial charge on any atom is 0.408 e. The van der Waals surface area contributed by atoms with Crippen LogP contribution in [-0.2, 0) is 9.53 Å². The number of nitriles is 1. The third-order valence-corrected chi connectivity index (χ3v) is 4.52. The van der Waals surface area contributed by atoms with Gasteiger partial charge >= 0.3 is 6.09 Å². The summed E-state index contributed by atoms with van der Waals surface area (Å²) in [5.41, 5.74) is 1.49. The Labute approximate surface area is 167 Å². The van der Waals surface area contributed by atoms with Gasteiger partial charge in [0.2, 0.25) is 5.91 Å². The molecule has 1 N–H and O–H groups in total. The van der Waals surface area contributed by atoms with Crippen LogP contribution in [-0.4, -0.2) is 41.1 Å². The molecular formula is C22H29N3O3. The van der Waals surface area contributed by atoms with Crippen molar-refractivity contribution in [3.8, 4) is 6.07 Å². The number of likely N-dealkylation sites (tertiary alicyclic amines) is 1. The van der Waals surface area contributed by atoms with E-state index < -0.39 is 17.7 Å². The summed E-state index contributed by atoms with van der Waals surface area (Å²) < 4.78 is 5.33. The highest BCUT2D eigenvalue weighted by molar-refractivity contribution is 5.79. The van der Waals surface area contributed by atoms with E-state index >= 15 is 0 Å². The van der Waals surface area contributed by atoms with Gasteiger partial charge in [0.1, 0.15) is 11.6 Å². The predicted molar refractivity (Wildman–Crippen MR) is 108 cm³/mol. The second-order valence-electron chi connectivity index (χ2n) is 8.05. The molecule has 150 valence electrons. The van der Waals surface area contributed by atoms with Crippen LogP contribution >= 0.6 is 0 Å². The van der Waals surface area contributed by atoms with Gasteiger partial charge in [-0.05, 0) is 51.7 Å². The lowest BCUT2D eigenvalue weighted by Crippen LogP contribution is -2.43. The molecule has 0 saturated carbocycles. The fourth-order valence-corrected chi connectivity index (χ4v) is 3.12. The maximum absolute atomic E-state index is 12.7. The van der Waals surface area contributed by atoms with E-state index in [2.05, 4.69) is 11.4 Å². The molecule has 2 atom stereocenters. The lowest BCUT2D eigenvalue weighted by Gasteiger charge is -2.24. The van der Waals surface area contributed by atoms with E-state index in [4.69, 9.17) is 4.74 Å². The second-order valence-corrected chi connectivity index (χ2v) is 8.05. The quantitative estimate of drug-likeness (QED) is 0.838. The van der Waals surface area contributed by atoms with Crippen LogP contribution in [0.25, 0.3) is 6.08 Å². The minimum atomic E-state index is -0.626. The van der Waals surface area contributed by atoms with Crippen LogP contribution in [0.15, 0.2) is 30.3 Å². The topological polar surface area (TPSA) is 82.4 Å². The lowest BCUT2D eigenvalue weighted by molar-refractivity contribution is -0.131. The van der Waals surface area contributed by atoms with Crippen molar-refractivity contribution in [3.05, 3.63) is 41.5 Å². The molecule has 0 spiro atoms. The zero-order chi connectivity index (χ0) is 20.7. The highest BCUT2D eigenvalue weighted by Crippen LogP contribution is 2.19. The third-order valence-electron chi connectivity index (χ3n) is 4.52. The average molecular weight is 383 g/mol. The molecule has 0 bridgehead atoms. The van der Waals surface area contributed by atoms with Crippen LogP contribution in [0, 0.1) is 18.3 Å². The number of nitrogens with zero attached hydrogens (tertiary/aromatic N) is 2. The minimum Gasteiger partial charge on any atom is -0.444 e. The molecule has 6 nitrogen and oxygen atoms in total. The number of hydrogen-bond donors (Lipinski definition) is 1. The molecule has 1 aromatic rings. The molecule has 1 saturated heterocycles. The van der Waals surface area contributed by atoms with Crippen LogP contribution in [0.2, 0.25) is 0 Å².